The zero-order valence-corrected chi connectivity index (χ0v) is 21.1. The lowest BCUT2D eigenvalue weighted by atomic mass is 9.63. The zero-order chi connectivity index (χ0) is 25.7. The summed E-state index contributed by atoms with van der Waals surface area (Å²) in [6, 6.07) is 6.50. The van der Waals surface area contributed by atoms with E-state index in [1.807, 2.05) is 6.07 Å². The minimum atomic E-state index is -3.35. The van der Waals surface area contributed by atoms with Crippen LogP contribution in [0.3, 0.4) is 0 Å². The zero-order valence-electron chi connectivity index (χ0n) is 21.1. The third-order valence-corrected chi connectivity index (χ3v) is 8.42. The Morgan fingerprint density at radius 3 is 2.19 bits per heavy atom. The smallest absolute Gasteiger partial charge is 0.387 e. The second-order valence-electron chi connectivity index (χ2n) is 10.8. The van der Waals surface area contributed by atoms with Gasteiger partial charge in [-0.3, -0.25) is 0 Å². The standard InChI is InChI=1S/C30H37F5O/c1-2-3-4-5-6-7-19-8-9-21-15-22(11-10-20(21)14-19)23-12-13-25(26(31)16-23)24-17-27(32)29(28(33)18-24)36-30(34)35/h12-13,16-22,30H,2-11,14-15H2,1H3. The molecular formula is C30H37F5O. The van der Waals surface area contributed by atoms with E-state index in [9.17, 15) is 17.6 Å². The van der Waals surface area contributed by atoms with E-state index in [0.29, 0.717) is 5.92 Å². The fraction of sp³-hybridized carbons (Fsp3) is 0.600. The normalized spacial score (nSPS) is 24.1. The molecule has 0 aliphatic heterocycles. The Morgan fingerprint density at radius 2 is 1.50 bits per heavy atom. The summed E-state index contributed by atoms with van der Waals surface area (Å²) in [6.07, 6.45) is 15.2. The third kappa shape index (κ3) is 6.60. The number of halogens is 5. The van der Waals surface area contributed by atoms with Gasteiger partial charge in [0, 0.05) is 5.56 Å². The number of ether oxygens (including phenoxy) is 1. The lowest BCUT2D eigenvalue weighted by molar-refractivity contribution is -0.0546. The van der Waals surface area contributed by atoms with Crippen molar-refractivity contribution in [2.75, 3.05) is 0 Å². The van der Waals surface area contributed by atoms with Gasteiger partial charge in [-0.05, 0) is 85.1 Å². The summed E-state index contributed by atoms with van der Waals surface area (Å²) in [5.74, 6) is -1.69. The van der Waals surface area contributed by atoms with Crippen molar-refractivity contribution in [1.82, 2.24) is 0 Å². The second kappa shape index (κ2) is 12.4. The average Bonchev–Trinajstić information content (AvgIpc) is 2.85. The predicted octanol–water partition coefficient (Wildman–Crippen LogP) is 10.0. The van der Waals surface area contributed by atoms with Gasteiger partial charge >= 0.3 is 6.61 Å². The van der Waals surface area contributed by atoms with Gasteiger partial charge in [0.25, 0.3) is 0 Å². The SMILES string of the molecule is CCCCCCCC1CCC2CC(c3ccc(-c4cc(F)c(OC(F)F)c(F)c4)c(F)c3)CCC2C1. The van der Waals surface area contributed by atoms with Crippen molar-refractivity contribution < 1.29 is 26.7 Å². The molecule has 2 fully saturated rings. The molecule has 0 amide bonds. The first kappa shape index (κ1) is 26.9. The Hall–Kier alpha value is -2.11. The van der Waals surface area contributed by atoms with Crippen LogP contribution in [-0.4, -0.2) is 6.61 Å². The minimum absolute atomic E-state index is 0.0354. The molecule has 0 saturated heterocycles. The minimum Gasteiger partial charge on any atom is -0.429 e. The highest BCUT2D eigenvalue weighted by Gasteiger charge is 2.36. The van der Waals surface area contributed by atoms with Crippen LogP contribution in [0.1, 0.15) is 95.5 Å². The van der Waals surface area contributed by atoms with Gasteiger partial charge in [-0.25, -0.2) is 13.2 Å². The molecule has 4 unspecified atom stereocenters. The first-order valence-electron chi connectivity index (χ1n) is 13.6. The summed E-state index contributed by atoms with van der Waals surface area (Å²) < 4.78 is 72.0. The molecule has 2 aromatic rings. The Morgan fingerprint density at radius 1 is 0.806 bits per heavy atom. The highest BCUT2D eigenvalue weighted by molar-refractivity contribution is 5.66. The van der Waals surface area contributed by atoms with Crippen molar-refractivity contribution >= 4 is 0 Å². The third-order valence-electron chi connectivity index (χ3n) is 8.42. The molecule has 1 nitrogen and oxygen atoms in total. The van der Waals surface area contributed by atoms with Crippen LogP contribution in [-0.2, 0) is 0 Å². The molecule has 0 radical (unpaired) electrons. The van der Waals surface area contributed by atoms with Crippen molar-refractivity contribution in [2.45, 2.75) is 96.5 Å². The van der Waals surface area contributed by atoms with Gasteiger partial charge in [-0.1, -0.05) is 64.0 Å². The van der Waals surface area contributed by atoms with E-state index >= 15 is 4.39 Å². The molecule has 4 atom stereocenters. The molecule has 198 valence electrons. The summed E-state index contributed by atoms with van der Waals surface area (Å²) >= 11 is 0. The molecule has 2 aromatic carbocycles. The van der Waals surface area contributed by atoms with E-state index in [1.165, 1.54) is 76.3 Å². The Bertz CT molecular complexity index is 984. The van der Waals surface area contributed by atoms with Crippen molar-refractivity contribution in [1.29, 1.82) is 0 Å². The molecule has 2 aliphatic carbocycles. The van der Waals surface area contributed by atoms with Crippen LogP contribution in [0.25, 0.3) is 11.1 Å². The molecule has 0 spiro atoms. The van der Waals surface area contributed by atoms with Crippen LogP contribution in [0.15, 0.2) is 30.3 Å². The molecule has 0 bridgehead atoms. The molecule has 0 heterocycles. The van der Waals surface area contributed by atoms with Crippen molar-refractivity contribution in [3.05, 3.63) is 53.3 Å². The number of alkyl halides is 2. The second-order valence-corrected chi connectivity index (χ2v) is 10.8. The molecule has 4 rings (SSSR count). The maximum absolute atomic E-state index is 15.0. The Labute approximate surface area is 211 Å². The van der Waals surface area contributed by atoms with Crippen molar-refractivity contribution in [3.8, 4) is 16.9 Å². The summed E-state index contributed by atoms with van der Waals surface area (Å²) in [6.45, 7) is -1.10. The van der Waals surface area contributed by atoms with Crippen LogP contribution in [0.5, 0.6) is 5.75 Å². The maximum atomic E-state index is 15.0. The maximum Gasteiger partial charge on any atom is 0.387 e. The topological polar surface area (TPSA) is 9.23 Å². The van der Waals surface area contributed by atoms with Gasteiger partial charge in [-0.2, -0.15) is 8.78 Å². The van der Waals surface area contributed by atoms with Gasteiger partial charge in [0.05, 0.1) is 0 Å². The summed E-state index contributed by atoms with van der Waals surface area (Å²) in [5.41, 5.74) is 0.909. The number of fused-ring (bicyclic) bond motifs is 1. The number of hydrogen-bond acceptors (Lipinski definition) is 1. The van der Waals surface area contributed by atoms with Crippen LogP contribution in [0.2, 0.25) is 0 Å². The van der Waals surface area contributed by atoms with E-state index < -0.39 is 29.8 Å². The molecular weight excluding hydrogens is 471 g/mol. The molecule has 6 heteroatoms. The summed E-state index contributed by atoms with van der Waals surface area (Å²) in [4.78, 5) is 0. The van der Waals surface area contributed by atoms with Crippen LogP contribution in [0, 0.1) is 35.2 Å². The van der Waals surface area contributed by atoms with Crippen LogP contribution >= 0.6 is 0 Å². The van der Waals surface area contributed by atoms with Crippen LogP contribution in [0.4, 0.5) is 22.0 Å². The first-order chi connectivity index (χ1) is 17.4. The lowest BCUT2D eigenvalue weighted by Gasteiger charge is -2.42. The highest BCUT2D eigenvalue weighted by Crippen LogP contribution is 2.48. The summed E-state index contributed by atoms with van der Waals surface area (Å²) in [7, 11) is 0. The first-order valence-corrected chi connectivity index (χ1v) is 13.6. The van der Waals surface area contributed by atoms with E-state index in [1.54, 1.807) is 0 Å². The van der Waals surface area contributed by atoms with Gasteiger partial charge in [0.1, 0.15) is 5.82 Å². The van der Waals surface area contributed by atoms with E-state index in [-0.39, 0.29) is 17.0 Å². The van der Waals surface area contributed by atoms with E-state index in [4.69, 9.17) is 0 Å². The largest absolute Gasteiger partial charge is 0.429 e. The van der Waals surface area contributed by atoms with Gasteiger partial charge in [-0.15, -0.1) is 0 Å². The number of unbranched alkanes of at least 4 members (excludes halogenated alkanes) is 4. The van der Waals surface area contributed by atoms with Crippen LogP contribution < -0.4 is 4.74 Å². The van der Waals surface area contributed by atoms with Crippen molar-refractivity contribution in [3.63, 3.8) is 0 Å². The Balaban J connectivity index is 1.36. The van der Waals surface area contributed by atoms with Crippen molar-refractivity contribution in [2.24, 2.45) is 17.8 Å². The monoisotopic (exact) mass is 508 g/mol. The molecule has 0 N–H and O–H groups in total. The van der Waals surface area contributed by atoms with Gasteiger partial charge in [0.2, 0.25) is 0 Å². The highest BCUT2D eigenvalue weighted by atomic mass is 19.3. The molecule has 0 aromatic heterocycles. The van der Waals surface area contributed by atoms with E-state index in [0.717, 1.165) is 42.4 Å². The van der Waals surface area contributed by atoms with Gasteiger partial charge < -0.3 is 4.74 Å². The quantitative estimate of drug-likeness (QED) is 0.229. The predicted molar refractivity (Wildman–Crippen MR) is 133 cm³/mol. The lowest BCUT2D eigenvalue weighted by Crippen LogP contribution is -2.30. The average molecular weight is 509 g/mol. The Kier molecular flexibility index (Phi) is 9.30. The van der Waals surface area contributed by atoms with Gasteiger partial charge in [0.15, 0.2) is 17.4 Å². The van der Waals surface area contributed by atoms with E-state index in [2.05, 4.69) is 11.7 Å². The fourth-order valence-electron chi connectivity index (χ4n) is 6.52. The number of rotatable bonds is 10. The number of hydrogen-bond donors (Lipinski definition) is 0. The molecule has 2 aliphatic rings. The fourth-order valence-corrected chi connectivity index (χ4v) is 6.52. The summed E-state index contributed by atoms with van der Waals surface area (Å²) in [5, 5.41) is 0. The molecule has 2 saturated carbocycles. The molecule has 36 heavy (non-hydrogen) atoms. The number of benzene rings is 2.